The van der Waals surface area contributed by atoms with Crippen LogP contribution in [0.5, 0.6) is 0 Å². The van der Waals surface area contributed by atoms with Gasteiger partial charge in [0.25, 0.3) is 0 Å². The number of piperazine rings is 1. The van der Waals surface area contributed by atoms with Gasteiger partial charge < -0.3 is 15.1 Å². The van der Waals surface area contributed by atoms with Crippen LogP contribution in [0.4, 0.5) is 5.82 Å². The third kappa shape index (κ3) is 4.59. The van der Waals surface area contributed by atoms with Crippen LogP contribution in [0.15, 0.2) is 24.9 Å². The monoisotopic (exact) mass is 391 g/mol. The van der Waals surface area contributed by atoms with E-state index >= 15 is 0 Å². The van der Waals surface area contributed by atoms with Crippen molar-refractivity contribution < 1.29 is 9.59 Å². The molecule has 0 radical (unpaired) electrons. The minimum atomic E-state index is -0.00632. The van der Waals surface area contributed by atoms with Crippen LogP contribution in [0.3, 0.4) is 0 Å². The molecule has 2 saturated heterocycles. The van der Waals surface area contributed by atoms with Crippen LogP contribution in [0.2, 0.25) is 5.02 Å². The molecule has 0 aromatic carbocycles. The van der Waals surface area contributed by atoms with Crippen LogP contribution >= 0.6 is 11.6 Å². The van der Waals surface area contributed by atoms with Crippen molar-refractivity contribution in [3.8, 4) is 0 Å². The summed E-state index contributed by atoms with van der Waals surface area (Å²) in [7, 11) is 0. The lowest BCUT2D eigenvalue weighted by molar-refractivity contribution is -0.135. The average Bonchev–Trinajstić information content (AvgIpc) is 2.66. The quantitative estimate of drug-likeness (QED) is 0.739. The molecule has 1 aromatic heterocycles. The summed E-state index contributed by atoms with van der Waals surface area (Å²) in [4.78, 5) is 34.2. The van der Waals surface area contributed by atoms with Crippen molar-refractivity contribution in [2.75, 3.05) is 51.1 Å². The van der Waals surface area contributed by atoms with Crippen molar-refractivity contribution in [3.63, 3.8) is 0 Å². The molecule has 2 amide bonds. The first-order valence-electron chi connectivity index (χ1n) is 9.33. The maximum atomic E-state index is 12.5. The Morgan fingerprint density at radius 1 is 1.30 bits per heavy atom. The van der Waals surface area contributed by atoms with E-state index in [4.69, 9.17) is 11.6 Å². The molecule has 8 heteroatoms. The molecule has 3 rings (SSSR count). The highest BCUT2D eigenvalue weighted by Gasteiger charge is 2.35. The van der Waals surface area contributed by atoms with Gasteiger partial charge >= 0.3 is 0 Å². The van der Waals surface area contributed by atoms with E-state index in [-0.39, 0.29) is 18.4 Å². The number of pyridine rings is 1. The van der Waals surface area contributed by atoms with Gasteiger partial charge in [-0.25, -0.2) is 4.98 Å². The van der Waals surface area contributed by atoms with Gasteiger partial charge in [-0.1, -0.05) is 25.1 Å². The predicted octanol–water partition coefficient (Wildman–Crippen LogP) is 1.25. The molecular weight excluding hydrogens is 366 g/mol. The maximum Gasteiger partial charge on any atom is 0.246 e. The number of hydrogen-bond donors (Lipinski definition) is 1. The molecule has 0 bridgehead atoms. The van der Waals surface area contributed by atoms with Crippen LogP contribution in [0.25, 0.3) is 0 Å². The van der Waals surface area contributed by atoms with Crippen molar-refractivity contribution in [1.82, 2.24) is 19.7 Å². The second kappa shape index (κ2) is 8.71. The molecule has 7 nitrogen and oxygen atoms in total. The molecule has 0 saturated carbocycles. The van der Waals surface area contributed by atoms with Crippen molar-refractivity contribution in [2.24, 2.45) is 0 Å². The Hall–Kier alpha value is -2.12. The van der Waals surface area contributed by atoms with E-state index in [9.17, 15) is 9.59 Å². The Morgan fingerprint density at radius 2 is 2.00 bits per heavy atom. The number of aromatic nitrogens is 1. The predicted molar refractivity (Wildman–Crippen MR) is 106 cm³/mol. The van der Waals surface area contributed by atoms with Gasteiger partial charge in [-0.3, -0.25) is 14.5 Å². The van der Waals surface area contributed by atoms with Gasteiger partial charge in [-0.2, -0.15) is 0 Å². The SMILES string of the molecule is C=CC(=O)N1CC(N2CCN(C(=O)CNc3cc(CC)c(Cl)cn3)CC2)C1. The molecule has 2 aliphatic heterocycles. The maximum absolute atomic E-state index is 12.5. The summed E-state index contributed by atoms with van der Waals surface area (Å²) in [6.45, 7) is 10.4. The molecule has 27 heavy (non-hydrogen) atoms. The Bertz CT molecular complexity index is 712. The standard InChI is InChI=1S/C19H26ClN5O2/c1-3-14-9-17(21-10-16(14)20)22-11-19(27)24-7-5-23(6-8-24)15-12-25(13-15)18(26)4-2/h4,9-10,15H,2-3,5-8,11-13H2,1H3,(H,21,22). The number of halogens is 1. The van der Waals surface area contributed by atoms with E-state index < -0.39 is 0 Å². The van der Waals surface area contributed by atoms with Crippen LogP contribution < -0.4 is 5.32 Å². The number of hydrogen-bond acceptors (Lipinski definition) is 5. The third-order valence-corrected chi connectivity index (χ3v) is 5.61. The fraction of sp³-hybridized carbons (Fsp3) is 0.526. The van der Waals surface area contributed by atoms with Gasteiger partial charge in [-0.05, 0) is 24.1 Å². The zero-order valence-electron chi connectivity index (χ0n) is 15.7. The van der Waals surface area contributed by atoms with E-state index in [0.717, 1.165) is 38.2 Å². The van der Waals surface area contributed by atoms with E-state index in [1.165, 1.54) is 6.08 Å². The Kier molecular flexibility index (Phi) is 6.34. The summed E-state index contributed by atoms with van der Waals surface area (Å²) in [6.07, 6.45) is 3.80. The second-order valence-electron chi connectivity index (χ2n) is 6.89. The zero-order valence-corrected chi connectivity index (χ0v) is 16.4. The Morgan fingerprint density at radius 3 is 2.63 bits per heavy atom. The van der Waals surface area contributed by atoms with Gasteiger partial charge in [0.05, 0.1) is 11.6 Å². The van der Waals surface area contributed by atoms with E-state index in [0.29, 0.717) is 30.0 Å². The molecule has 3 heterocycles. The van der Waals surface area contributed by atoms with Gasteiger partial charge in [-0.15, -0.1) is 0 Å². The fourth-order valence-electron chi connectivity index (χ4n) is 3.46. The second-order valence-corrected chi connectivity index (χ2v) is 7.29. The number of amides is 2. The van der Waals surface area contributed by atoms with E-state index in [1.807, 2.05) is 17.9 Å². The topological polar surface area (TPSA) is 68.8 Å². The number of likely N-dealkylation sites (tertiary alicyclic amines) is 1. The van der Waals surface area contributed by atoms with Gasteiger partial charge in [0, 0.05) is 51.5 Å². The summed E-state index contributed by atoms with van der Waals surface area (Å²) < 4.78 is 0. The molecule has 146 valence electrons. The minimum Gasteiger partial charge on any atom is -0.361 e. The van der Waals surface area contributed by atoms with E-state index in [2.05, 4.69) is 21.8 Å². The molecule has 0 spiro atoms. The smallest absolute Gasteiger partial charge is 0.246 e. The molecule has 0 aliphatic carbocycles. The van der Waals surface area contributed by atoms with Crippen LogP contribution in [0.1, 0.15) is 12.5 Å². The molecule has 2 fully saturated rings. The summed E-state index contributed by atoms with van der Waals surface area (Å²) in [5.41, 5.74) is 1.01. The Labute approximate surface area is 165 Å². The van der Waals surface area contributed by atoms with Crippen LogP contribution in [0, 0.1) is 0 Å². The van der Waals surface area contributed by atoms with Crippen molar-refractivity contribution >= 4 is 29.2 Å². The van der Waals surface area contributed by atoms with Crippen molar-refractivity contribution in [3.05, 3.63) is 35.5 Å². The first-order valence-corrected chi connectivity index (χ1v) is 9.71. The molecule has 0 atom stereocenters. The Balaban J connectivity index is 1.41. The van der Waals surface area contributed by atoms with Gasteiger partial charge in [0.1, 0.15) is 5.82 Å². The molecule has 2 aliphatic rings. The van der Waals surface area contributed by atoms with Crippen LogP contribution in [-0.4, -0.2) is 83.4 Å². The van der Waals surface area contributed by atoms with Gasteiger partial charge in [0.15, 0.2) is 0 Å². The molecule has 1 aromatic rings. The largest absolute Gasteiger partial charge is 0.361 e. The number of anilines is 1. The van der Waals surface area contributed by atoms with Gasteiger partial charge in [0.2, 0.25) is 11.8 Å². The number of carbonyl (C=O) groups excluding carboxylic acids is 2. The minimum absolute atomic E-state index is 0.00632. The fourth-order valence-corrected chi connectivity index (χ4v) is 3.69. The summed E-state index contributed by atoms with van der Waals surface area (Å²) >= 11 is 6.07. The summed E-state index contributed by atoms with van der Waals surface area (Å²) in [5, 5.41) is 3.74. The number of rotatable bonds is 6. The molecule has 0 unspecified atom stereocenters. The van der Waals surface area contributed by atoms with Crippen LogP contribution in [-0.2, 0) is 16.0 Å². The third-order valence-electron chi connectivity index (χ3n) is 5.27. The highest BCUT2D eigenvalue weighted by Crippen LogP contribution is 2.19. The first-order chi connectivity index (χ1) is 13.0. The molecule has 1 N–H and O–H groups in total. The van der Waals surface area contributed by atoms with Crippen molar-refractivity contribution in [1.29, 1.82) is 0 Å². The van der Waals surface area contributed by atoms with E-state index in [1.54, 1.807) is 11.1 Å². The highest BCUT2D eigenvalue weighted by molar-refractivity contribution is 6.31. The summed E-state index contributed by atoms with van der Waals surface area (Å²) in [6, 6.07) is 2.29. The van der Waals surface area contributed by atoms with Crippen molar-refractivity contribution in [2.45, 2.75) is 19.4 Å². The number of carbonyl (C=O) groups is 2. The zero-order chi connectivity index (χ0) is 19.4. The summed E-state index contributed by atoms with van der Waals surface area (Å²) in [5.74, 6) is 0.736. The number of nitrogens with zero attached hydrogens (tertiary/aromatic N) is 4. The first kappa shape index (κ1) is 19.6. The lowest BCUT2D eigenvalue weighted by Gasteiger charge is -2.47. The average molecular weight is 392 g/mol. The normalized spacial score (nSPS) is 18.1. The molecular formula is C19H26ClN5O2. The lowest BCUT2D eigenvalue weighted by Crippen LogP contribution is -2.64. The highest BCUT2D eigenvalue weighted by atomic mass is 35.5. The number of aryl methyl sites for hydroxylation is 1. The number of nitrogens with one attached hydrogen (secondary N) is 1. The lowest BCUT2D eigenvalue weighted by atomic mass is 10.1.